The predicted octanol–water partition coefficient (Wildman–Crippen LogP) is 3.32. The number of hydrogen-bond donors (Lipinski definition) is 2. The van der Waals surface area contributed by atoms with Crippen LogP contribution in [0.25, 0.3) is 0 Å². The van der Waals surface area contributed by atoms with Crippen LogP contribution in [0.2, 0.25) is 0 Å². The maximum Gasteiger partial charge on any atom is 0.335 e. The molecule has 4 nitrogen and oxygen atoms in total. The smallest absolute Gasteiger partial charge is 0.335 e. The van der Waals surface area contributed by atoms with E-state index < -0.39 is 5.97 Å². The van der Waals surface area contributed by atoms with E-state index in [1.165, 1.54) is 18.2 Å². The van der Waals surface area contributed by atoms with E-state index in [9.17, 15) is 9.18 Å². The van der Waals surface area contributed by atoms with Crippen LogP contribution in [0.15, 0.2) is 42.5 Å². The van der Waals surface area contributed by atoms with Gasteiger partial charge in [-0.05, 0) is 42.8 Å². The molecule has 2 N–H and O–H groups in total. The summed E-state index contributed by atoms with van der Waals surface area (Å²) in [6, 6.07) is 11.2. The second kappa shape index (κ2) is 6.74. The Kier molecular flexibility index (Phi) is 4.77. The highest BCUT2D eigenvalue weighted by Gasteiger charge is 2.03. The number of carboxylic acids is 1. The van der Waals surface area contributed by atoms with Gasteiger partial charge in [0.15, 0.2) is 0 Å². The van der Waals surface area contributed by atoms with Crippen molar-refractivity contribution in [3.63, 3.8) is 0 Å². The molecule has 0 amide bonds. The van der Waals surface area contributed by atoms with Crippen LogP contribution in [-0.2, 0) is 0 Å². The van der Waals surface area contributed by atoms with Crippen molar-refractivity contribution in [2.45, 2.75) is 6.92 Å². The molecule has 0 saturated carbocycles. The lowest BCUT2D eigenvalue weighted by molar-refractivity contribution is 0.0696. The van der Waals surface area contributed by atoms with Crippen molar-refractivity contribution in [2.24, 2.45) is 0 Å². The minimum Gasteiger partial charge on any atom is -0.492 e. The Morgan fingerprint density at radius 2 is 2.10 bits per heavy atom. The monoisotopic (exact) mass is 289 g/mol. The van der Waals surface area contributed by atoms with Gasteiger partial charge < -0.3 is 15.2 Å². The third-order valence-electron chi connectivity index (χ3n) is 2.95. The van der Waals surface area contributed by atoms with E-state index in [1.54, 1.807) is 31.2 Å². The summed E-state index contributed by atoms with van der Waals surface area (Å²) in [5.74, 6) is -0.754. The van der Waals surface area contributed by atoms with E-state index >= 15 is 0 Å². The zero-order valence-corrected chi connectivity index (χ0v) is 11.6. The number of nitrogens with one attached hydrogen (secondary N) is 1. The average molecular weight is 289 g/mol. The second-order valence-corrected chi connectivity index (χ2v) is 4.57. The van der Waals surface area contributed by atoms with Crippen LogP contribution in [0.3, 0.4) is 0 Å². The highest BCUT2D eigenvalue weighted by Crippen LogP contribution is 2.15. The SMILES string of the molecule is Cc1ccc(NCCOc2cccc(C(=O)O)c2)cc1F. The zero-order valence-electron chi connectivity index (χ0n) is 11.6. The minimum atomic E-state index is -0.992. The summed E-state index contributed by atoms with van der Waals surface area (Å²) in [5, 5.41) is 11.9. The third kappa shape index (κ3) is 4.21. The first-order valence-corrected chi connectivity index (χ1v) is 6.52. The Balaban J connectivity index is 1.83. The molecule has 0 heterocycles. The number of carboxylic acid groups (broad SMARTS) is 1. The van der Waals surface area contributed by atoms with E-state index in [0.717, 1.165) is 0 Å². The van der Waals surface area contributed by atoms with Crippen LogP contribution in [-0.4, -0.2) is 24.2 Å². The molecule has 2 aromatic rings. The van der Waals surface area contributed by atoms with Crippen LogP contribution in [0.5, 0.6) is 5.75 Å². The molecule has 0 saturated heterocycles. The van der Waals surface area contributed by atoms with Gasteiger partial charge in [0.25, 0.3) is 0 Å². The fourth-order valence-electron chi connectivity index (χ4n) is 1.79. The molecular formula is C16H16FNO3. The molecule has 2 aromatic carbocycles. The number of rotatable bonds is 6. The van der Waals surface area contributed by atoms with E-state index in [1.807, 2.05) is 0 Å². The van der Waals surface area contributed by atoms with E-state index in [2.05, 4.69) is 5.32 Å². The van der Waals surface area contributed by atoms with Crippen LogP contribution in [0.1, 0.15) is 15.9 Å². The number of anilines is 1. The largest absolute Gasteiger partial charge is 0.492 e. The van der Waals surface area contributed by atoms with E-state index in [0.29, 0.717) is 30.2 Å². The number of aromatic carboxylic acids is 1. The Bertz CT molecular complexity index is 643. The highest BCUT2D eigenvalue weighted by atomic mass is 19.1. The van der Waals surface area contributed by atoms with Crippen LogP contribution >= 0.6 is 0 Å². The van der Waals surface area contributed by atoms with Crippen molar-refractivity contribution in [1.29, 1.82) is 0 Å². The molecule has 0 fully saturated rings. The number of carbonyl (C=O) groups is 1. The maximum absolute atomic E-state index is 13.3. The van der Waals surface area contributed by atoms with Gasteiger partial charge >= 0.3 is 5.97 Å². The molecule has 0 unspecified atom stereocenters. The fourth-order valence-corrected chi connectivity index (χ4v) is 1.79. The maximum atomic E-state index is 13.3. The Morgan fingerprint density at radius 3 is 2.81 bits per heavy atom. The molecule has 0 bridgehead atoms. The first kappa shape index (κ1) is 14.8. The van der Waals surface area contributed by atoms with Crippen LogP contribution in [0, 0.1) is 12.7 Å². The van der Waals surface area contributed by atoms with Crippen LogP contribution < -0.4 is 10.1 Å². The topological polar surface area (TPSA) is 58.6 Å². The third-order valence-corrected chi connectivity index (χ3v) is 2.95. The number of benzene rings is 2. The summed E-state index contributed by atoms with van der Waals surface area (Å²) in [5.41, 5.74) is 1.46. The molecule has 0 aromatic heterocycles. The normalized spacial score (nSPS) is 10.2. The summed E-state index contributed by atoms with van der Waals surface area (Å²) >= 11 is 0. The first-order valence-electron chi connectivity index (χ1n) is 6.52. The predicted molar refractivity (Wildman–Crippen MR) is 78.5 cm³/mol. The molecular weight excluding hydrogens is 273 g/mol. The molecule has 0 spiro atoms. The number of ether oxygens (including phenoxy) is 1. The lowest BCUT2D eigenvalue weighted by Crippen LogP contribution is -2.12. The molecule has 0 aliphatic heterocycles. The second-order valence-electron chi connectivity index (χ2n) is 4.57. The van der Waals surface area contributed by atoms with Crippen molar-refractivity contribution in [3.8, 4) is 5.75 Å². The van der Waals surface area contributed by atoms with E-state index in [-0.39, 0.29) is 11.4 Å². The zero-order chi connectivity index (χ0) is 15.2. The highest BCUT2D eigenvalue weighted by molar-refractivity contribution is 5.87. The van der Waals surface area contributed by atoms with Gasteiger partial charge in [0, 0.05) is 12.2 Å². The van der Waals surface area contributed by atoms with Gasteiger partial charge in [0.05, 0.1) is 5.56 Å². The van der Waals surface area contributed by atoms with Gasteiger partial charge in [-0.3, -0.25) is 0 Å². The molecule has 21 heavy (non-hydrogen) atoms. The van der Waals surface area contributed by atoms with Gasteiger partial charge in [-0.15, -0.1) is 0 Å². The standard InChI is InChI=1S/C16H16FNO3/c1-11-5-6-13(10-15(11)17)18-7-8-21-14-4-2-3-12(9-14)16(19)20/h2-6,9-10,18H,7-8H2,1H3,(H,19,20). The number of aryl methyl sites for hydroxylation is 1. The number of halogens is 1. The van der Waals surface area contributed by atoms with Gasteiger partial charge in [0.1, 0.15) is 18.2 Å². The summed E-state index contributed by atoms with van der Waals surface area (Å²) in [6.07, 6.45) is 0. The lowest BCUT2D eigenvalue weighted by atomic mass is 10.2. The van der Waals surface area contributed by atoms with Gasteiger partial charge in [-0.25, -0.2) is 9.18 Å². The minimum absolute atomic E-state index is 0.182. The van der Waals surface area contributed by atoms with Crippen molar-refractivity contribution < 1.29 is 19.0 Å². The van der Waals surface area contributed by atoms with Gasteiger partial charge in [-0.1, -0.05) is 12.1 Å². The summed E-state index contributed by atoms with van der Waals surface area (Å²) < 4.78 is 18.8. The first-order chi connectivity index (χ1) is 10.1. The summed E-state index contributed by atoms with van der Waals surface area (Å²) in [6.45, 7) is 2.54. The van der Waals surface area contributed by atoms with Gasteiger partial charge in [-0.2, -0.15) is 0 Å². The summed E-state index contributed by atoms with van der Waals surface area (Å²) in [4.78, 5) is 10.8. The molecule has 0 atom stereocenters. The van der Waals surface area contributed by atoms with Crippen molar-refractivity contribution in [1.82, 2.24) is 0 Å². The molecule has 0 aliphatic carbocycles. The molecule has 2 rings (SSSR count). The molecule has 0 aliphatic rings. The van der Waals surface area contributed by atoms with Crippen molar-refractivity contribution >= 4 is 11.7 Å². The van der Waals surface area contributed by atoms with Crippen molar-refractivity contribution in [2.75, 3.05) is 18.5 Å². The quantitative estimate of drug-likeness (QED) is 0.801. The Morgan fingerprint density at radius 1 is 1.29 bits per heavy atom. The molecule has 5 heteroatoms. The summed E-state index contributed by atoms with van der Waals surface area (Å²) in [7, 11) is 0. The van der Waals surface area contributed by atoms with E-state index in [4.69, 9.17) is 9.84 Å². The molecule has 110 valence electrons. The van der Waals surface area contributed by atoms with Gasteiger partial charge in [0.2, 0.25) is 0 Å². The molecule has 0 radical (unpaired) electrons. The van der Waals surface area contributed by atoms with Crippen molar-refractivity contribution in [3.05, 3.63) is 59.4 Å². The number of hydrogen-bond acceptors (Lipinski definition) is 3. The average Bonchev–Trinajstić information content (AvgIpc) is 2.47. The fraction of sp³-hybridized carbons (Fsp3) is 0.188. The Hall–Kier alpha value is -2.56. The Labute approximate surface area is 122 Å². The lowest BCUT2D eigenvalue weighted by Gasteiger charge is -2.09. The van der Waals surface area contributed by atoms with Crippen LogP contribution in [0.4, 0.5) is 10.1 Å².